The van der Waals surface area contributed by atoms with E-state index in [4.69, 9.17) is 18.8 Å². The van der Waals surface area contributed by atoms with E-state index in [0.717, 1.165) is 0 Å². The Hall–Kier alpha value is 1.62. The molecule has 0 atom stereocenters. The van der Waals surface area contributed by atoms with Crippen LogP contribution in [0.5, 0.6) is 0 Å². The third-order valence-corrected chi connectivity index (χ3v) is 1.98. The zero-order chi connectivity index (χ0) is 6.24. The Bertz CT molecular complexity index is 33.4. The Labute approximate surface area is 71.1 Å². The van der Waals surface area contributed by atoms with E-state index in [1.54, 1.807) is 0 Å². The molecule has 1 rings (SSSR count). The molecule has 0 aliphatic carbocycles. The molecule has 1 aliphatic heterocycles. The van der Waals surface area contributed by atoms with Crippen LogP contribution in [0.2, 0.25) is 0 Å². The molecule has 0 N–H and O–H groups in total. The van der Waals surface area contributed by atoms with Gasteiger partial charge in [0.1, 0.15) is 0 Å². The molecule has 0 bridgehead atoms. The van der Waals surface area contributed by atoms with Crippen molar-refractivity contribution >= 4 is 30.6 Å². The summed E-state index contributed by atoms with van der Waals surface area (Å²) in [6, 6.07) is 0. The van der Waals surface area contributed by atoms with Gasteiger partial charge in [-0.25, -0.2) is 0 Å². The second-order valence-electron chi connectivity index (χ2n) is 1.36. The average molecular weight is 354 g/mol. The molecule has 1 fully saturated rings. The van der Waals surface area contributed by atoms with Gasteiger partial charge < -0.3 is 0 Å². The van der Waals surface area contributed by atoms with Crippen molar-refractivity contribution in [2.45, 2.75) is 12.8 Å². The number of thioether (sulfide) groups is 1. The first-order valence-corrected chi connectivity index (χ1v) is 9.10. The molecule has 1 aliphatic rings. The Morgan fingerprint density at radius 1 is 1.12 bits per heavy atom. The number of hydrogen-bond donors (Lipinski definition) is 0. The van der Waals surface area contributed by atoms with E-state index in [1.165, 1.54) is 24.3 Å². The average Bonchev–Trinajstić information content (AvgIpc) is 2.17. The fraction of sp³-hybridized carbons (Fsp3) is 1.00. The van der Waals surface area contributed by atoms with Crippen molar-refractivity contribution in [3.05, 3.63) is 0 Å². The molecule has 4 heteroatoms. The third kappa shape index (κ3) is 7.62. The van der Waals surface area contributed by atoms with Gasteiger partial charge in [-0.1, -0.05) is 0 Å². The fourth-order valence-corrected chi connectivity index (χ4v) is 1.53. The summed E-state index contributed by atoms with van der Waals surface area (Å²) < 4.78 is 0. The van der Waals surface area contributed by atoms with Gasteiger partial charge in [-0.05, 0) is 24.3 Å². The van der Waals surface area contributed by atoms with E-state index in [2.05, 4.69) is 11.8 Å². The molecular weight excluding hydrogens is 346 g/mol. The van der Waals surface area contributed by atoms with Crippen molar-refractivity contribution in [1.29, 1.82) is 0 Å². The molecule has 0 amide bonds. The molecule has 0 aromatic rings. The number of halogens is 2. The van der Waals surface area contributed by atoms with Gasteiger partial charge in [0.15, 0.2) is 0 Å². The monoisotopic (exact) mass is 353 g/mol. The van der Waals surface area contributed by atoms with Crippen molar-refractivity contribution < 1.29 is 16.5 Å². The van der Waals surface area contributed by atoms with Crippen LogP contribution in [-0.2, 0) is 16.5 Å². The molecule has 0 radical (unpaired) electrons. The summed E-state index contributed by atoms with van der Waals surface area (Å²) in [7, 11) is 9.75. The Morgan fingerprint density at radius 3 is 1.62 bits per heavy atom. The van der Waals surface area contributed by atoms with Crippen LogP contribution in [0.25, 0.3) is 0 Å². The molecule has 54 valence electrons. The predicted octanol–water partition coefficient (Wildman–Crippen LogP) is 2.89. The van der Waals surface area contributed by atoms with Gasteiger partial charge in [-0.15, -0.1) is 0 Å². The normalized spacial score (nSPS) is 17.8. The van der Waals surface area contributed by atoms with Gasteiger partial charge in [0.25, 0.3) is 0 Å². The van der Waals surface area contributed by atoms with Gasteiger partial charge in [-0.2, -0.15) is 11.8 Å². The van der Waals surface area contributed by atoms with Gasteiger partial charge >= 0.3 is 35.3 Å². The van der Waals surface area contributed by atoms with E-state index < -0.39 is 16.5 Å². The van der Waals surface area contributed by atoms with Crippen LogP contribution in [0.15, 0.2) is 0 Å². The molecule has 1 saturated heterocycles. The Morgan fingerprint density at radius 2 is 1.50 bits per heavy atom. The summed E-state index contributed by atoms with van der Waals surface area (Å²) in [5, 5.41) is 0. The Kier molecular flexibility index (Phi) is 10.4. The minimum atomic E-state index is -0.472. The predicted molar refractivity (Wildman–Crippen MR) is 38.3 cm³/mol. The molecule has 1 heterocycles. The van der Waals surface area contributed by atoms with Crippen molar-refractivity contribution in [2.75, 3.05) is 11.5 Å². The third-order valence-electron chi connectivity index (χ3n) is 0.827. The first-order valence-electron chi connectivity index (χ1n) is 2.32. The summed E-state index contributed by atoms with van der Waals surface area (Å²) in [5.74, 6) is 2.83. The second-order valence-corrected chi connectivity index (χ2v) is 5.87. The van der Waals surface area contributed by atoms with Gasteiger partial charge in [-0.3, -0.25) is 0 Å². The van der Waals surface area contributed by atoms with Crippen molar-refractivity contribution in [1.82, 2.24) is 0 Å². The standard InChI is InChI=1S/C4H8S.2ClH.Pt/c1-2-4-5-3-1;;;/h1-4H2;2*1H;/q;;;+2/p-2. The molecule has 0 aromatic heterocycles. The van der Waals surface area contributed by atoms with Crippen LogP contribution < -0.4 is 0 Å². The molecule has 0 aromatic carbocycles. The van der Waals surface area contributed by atoms with Gasteiger partial charge in [0, 0.05) is 0 Å². The molecular formula is C4H8Cl2PtS. The topological polar surface area (TPSA) is 0 Å². The van der Waals surface area contributed by atoms with Crippen LogP contribution in [0.3, 0.4) is 0 Å². The zero-order valence-corrected chi connectivity index (χ0v) is 8.91. The van der Waals surface area contributed by atoms with Crippen LogP contribution >= 0.6 is 30.6 Å². The van der Waals surface area contributed by atoms with Crippen LogP contribution in [0, 0.1) is 0 Å². The minimum absolute atomic E-state index is 0.472. The SMILES string of the molecule is C1CCSC1.[Cl][Pt][Cl]. The molecule has 0 spiro atoms. The second kappa shape index (κ2) is 8.62. The maximum absolute atomic E-state index is 4.88. The van der Waals surface area contributed by atoms with Crippen LogP contribution in [0.4, 0.5) is 0 Å². The summed E-state index contributed by atoms with van der Waals surface area (Å²) in [4.78, 5) is 0. The van der Waals surface area contributed by atoms with Crippen molar-refractivity contribution in [3.8, 4) is 0 Å². The van der Waals surface area contributed by atoms with Gasteiger partial charge in [0.05, 0.1) is 0 Å². The summed E-state index contributed by atoms with van der Waals surface area (Å²) in [6.07, 6.45) is 2.93. The maximum atomic E-state index is 4.88. The molecule has 8 heavy (non-hydrogen) atoms. The molecule has 0 unspecified atom stereocenters. The van der Waals surface area contributed by atoms with E-state index in [1.807, 2.05) is 0 Å². The summed E-state index contributed by atoms with van der Waals surface area (Å²) in [6.45, 7) is 0. The Balaban J connectivity index is 0.000000145. The van der Waals surface area contributed by atoms with E-state index in [0.29, 0.717) is 0 Å². The molecule has 0 nitrogen and oxygen atoms in total. The van der Waals surface area contributed by atoms with E-state index in [-0.39, 0.29) is 0 Å². The fourth-order valence-electron chi connectivity index (χ4n) is 0.510. The van der Waals surface area contributed by atoms with E-state index >= 15 is 0 Å². The first-order chi connectivity index (χ1) is 3.91. The zero-order valence-electron chi connectivity index (χ0n) is 4.31. The quantitative estimate of drug-likeness (QED) is 0.645. The van der Waals surface area contributed by atoms with Crippen molar-refractivity contribution in [3.63, 3.8) is 0 Å². The number of rotatable bonds is 0. The van der Waals surface area contributed by atoms with Gasteiger partial charge in [0.2, 0.25) is 0 Å². The summed E-state index contributed by atoms with van der Waals surface area (Å²) in [5.41, 5.74) is 0. The van der Waals surface area contributed by atoms with Crippen LogP contribution in [0.1, 0.15) is 12.8 Å². The van der Waals surface area contributed by atoms with E-state index in [9.17, 15) is 0 Å². The first kappa shape index (κ1) is 9.62. The molecule has 0 saturated carbocycles. The van der Waals surface area contributed by atoms with Crippen molar-refractivity contribution in [2.24, 2.45) is 0 Å². The number of hydrogen-bond acceptors (Lipinski definition) is 1. The summed E-state index contributed by atoms with van der Waals surface area (Å²) >= 11 is 1.60. The van der Waals surface area contributed by atoms with Crippen LogP contribution in [-0.4, -0.2) is 11.5 Å².